The molecule has 0 unspecified atom stereocenters. The average Bonchev–Trinajstić information content (AvgIpc) is 3.33. The maximum absolute atomic E-state index is 13.0. The number of nitrogens with two attached hydrogens (primary N) is 1. The molecule has 3 aromatic heterocycles. The van der Waals surface area contributed by atoms with Crippen molar-refractivity contribution in [2.45, 2.75) is 38.3 Å². The SMILES string of the molecule is C[C@@H]1C[C@H]1c1cc2ccc(C(=O)Nc3cnccc3N3C[C@@H](N)[C@H](O)[C@@H](C)C3)nc2o1. The molecule has 8 nitrogen and oxygen atoms in total. The van der Waals surface area contributed by atoms with Gasteiger partial charge in [0.1, 0.15) is 11.5 Å². The molecular weight excluding hydrogens is 394 g/mol. The van der Waals surface area contributed by atoms with Crippen molar-refractivity contribution < 1.29 is 14.3 Å². The highest BCUT2D eigenvalue weighted by atomic mass is 16.3. The first-order valence-corrected chi connectivity index (χ1v) is 10.7. The van der Waals surface area contributed by atoms with Gasteiger partial charge in [-0.25, -0.2) is 4.98 Å². The Morgan fingerprint density at radius 2 is 2.06 bits per heavy atom. The lowest BCUT2D eigenvalue weighted by Crippen LogP contribution is -2.55. The number of fused-ring (bicyclic) bond motifs is 1. The Hall–Kier alpha value is -2.97. The van der Waals surface area contributed by atoms with Gasteiger partial charge in [0.05, 0.1) is 23.7 Å². The minimum absolute atomic E-state index is 0.0203. The van der Waals surface area contributed by atoms with E-state index < -0.39 is 6.10 Å². The van der Waals surface area contributed by atoms with Crippen molar-refractivity contribution in [1.29, 1.82) is 0 Å². The fourth-order valence-corrected chi connectivity index (χ4v) is 4.42. The molecule has 1 saturated heterocycles. The molecule has 0 aromatic carbocycles. The van der Waals surface area contributed by atoms with Gasteiger partial charge in [-0.05, 0) is 36.6 Å². The Morgan fingerprint density at radius 3 is 2.81 bits per heavy atom. The topological polar surface area (TPSA) is 118 Å². The maximum atomic E-state index is 13.0. The summed E-state index contributed by atoms with van der Waals surface area (Å²) in [6.45, 7) is 5.31. The molecule has 1 saturated carbocycles. The molecular formula is C23H27N5O3. The van der Waals surface area contributed by atoms with Crippen molar-refractivity contribution in [1.82, 2.24) is 9.97 Å². The highest BCUT2D eigenvalue weighted by Crippen LogP contribution is 2.48. The number of nitrogens with zero attached hydrogens (tertiary/aromatic N) is 3. The van der Waals surface area contributed by atoms with E-state index in [9.17, 15) is 9.90 Å². The number of carbonyl (C=O) groups is 1. The molecule has 0 bridgehead atoms. The Bertz CT molecular complexity index is 1120. The number of rotatable bonds is 4. The number of pyridine rings is 2. The van der Waals surface area contributed by atoms with Gasteiger partial charge in [0, 0.05) is 42.6 Å². The number of furan rings is 1. The molecule has 0 spiro atoms. The molecule has 4 heterocycles. The second-order valence-electron chi connectivity index (χ2n) is 8.94. The van der Waals surface area contributed by atoms with E-state index in [0.29, 0.717) is 36.3 Å². The number of aromatic nitrogens is 2. The first-order valence-electron chi connectivity index (χ1n) is 10.7. The molecule has 31 heavy (non-hydrogen) atoms. The van der Waals surface area contributed by atoms with Crippen LogP contribution in [0.5, 0.6) is 0 Å². The van der Waals surface area contributed by atoms with Crippen LogP contribution in [0.2, 0.25) is 0 Å². The van der Waals surface area contributed by atoms with Crippen LogP contribution in [0.15, 0.2) is 41.1 Å². The maximum Gasteiger partial charge on any atom is 0.274 e. The molecule has 1 aliphatic heterocycles. The molecule has 5 atom stereocenters. The molecule has 1 aliphatic carbocycles. The summed E-state index contributed by atoms with van der Waals surface area (Å²) in [7, 11) is 0. The van der Waals surface area contributed by atoms with Gasteiger partial charge in [-0.2, -0.15) is 0 Å². The Morgan fingerprint density at radius 1 is 1.26 bits per heavy atom. The van der Waals surface area contributed by atoms with E-state index in [0.717, 1.165) is 23.3 Å². The largest absolute Gasteiger partial charge is 0.442 e. The molecule has 162 valence electrons. The summed E-state index contributed by atoms with van der Waals surface area (Å²) < 4.78 is 5.91. The van der Waals surface area contributed by atoms with Gasteiger partial charge >= 0.3 is 0 Å². The van der Waals surface area contributed by atoms with Crippen molar-refractivity contribution >= 4 is 28.4 Å². The predicted octanol–water partition coefficient (Wildman–Crippen LogP) is 2.74. The first kappa shape index (κ1) is 20.0. The summed E-state index contributed by atoms with van der Waals surface area (Å²) in [5.41, 5.74) is 8.28. The highest BCUT2D eigenvalue weighted by Gasteiger charge is 2.37. The molecule has 1 amide bonds. The zero-order chi connectivity index (χ0) is 21.7. The van der Waals surface area contributed by atoms with Crippen molar-refractivity contribution in [3.63, 3.8) is 0 Å². The summed E-state index contributed by atoms with van der Waals surface area (Å²) >= 11 is 0. The molecule has 8 heteroatoms. The number of aliphatic hydroxyl groups excluding tert-OH is 1. The van der Waals surface area contributed by atoms with Gasteiger partial charge in [-0.1, -0.05) is 13.8 Å². The van der Waals surface area contributed by atoms with E-state index in [-0.39, 0.29) is 23.6 Å². The van der Waals surface area contributed by atoms with Gasteiger partial charge in [0.25, 0.3) is 5.91 Å². The van der Waals surface area contributed by atoms with Crippen LogP contribution in [0.1, 0.15) is 42.4 Å². The number of carbonyl (C=O) groups excluding carboxylic acids is 1. The van der Waals surface area contributed by atoms with Gasteiger partial charge in [0.15, 0.2) is 0 Å². The number of hydrogen-bond acceptors (Lipinski definition) is 7. The molecule has 0 radical (unpaired) electrons. The number of piperidine rings is 1. The fraction of sp³-hybridized carbons (Fsp3) is 0.435. The van der Waals surface area contributed by atoms with E-state index in [4.69, 9.17) is 10.2 Å². The van der Waals surface area contributed by atoms with Crippen LogP contribution in [-0.2, 0) is 0 Å². The van der Waals surface area contributed by atoms with Gasteiger partial charge in [0.2, 0.25) is 5.71 Å². The Kier molecular flexibility index (Phi) is 4.91. The standard InChI is InChI=1S/C23H27N5O3/c1-12-7-15(12)20-8-14-3-4-17(27-23(14)31-20)22(30)26-18-9-25-6-5-19(18)28-10-13(2)21(29)16(24)11-28/h3-6,8-9,12-13,15-16,21,29H,7,10-11,24H2,1-2H3,(H,26,30)/t12-,13+,15-,16-,21-/m1/s1. The van der Waals surface area contributed by atoms with Crippen molar-refractivity contribution in [3.8, 4) is 0 Å². The van der Waals surface area contributed by atoms with Crippen LogP contribution in [0.4, 0.5) is 11.4 Å². The van der Waals surface area contributed by atoms with Gasteiger partial charge in [-0.3, -0.25) is 9.78 Å². The van der Waals surface area contributed by atoms with Crippen molar-refractivity contribution in [2.24, 2.45) is 17.6 Å². The average molecular weight is 422 g/mol. The third-order valence-corrected chi connectivity index (χ3v) is 6.46. The monoisotopic (exact) mass is 421 g/mol. The van der Waals surface area contributed by atoms with Crippen molar-refractivity contribution in [2.75, 3.05) is 23.3 Å². The number of aliphatic hydroxyl groups is 1. The quantitative estimate of drug-likeness (QED) is 0.593. The Balaban J connectivity index is 1.37. The second kappa shape index (κ2) is 7.62. The second-order valence-corrected chi connectivity index (χ2v) is 8.94. The first-order chi connectivity index (χ1) is 14.9. The summed E-state index contributed by atoms with van der Waals surface area (Å²) in [6.07, 6.45) is 3.89. The summed E-state index contributed by atoms with van der Waals surface area (Å²) in [5, 5.41) is 14.0. The van der Waals surface area contributed by atoms with Gasteiger partial charge in [-0.15, -0.1) is 0 Å². The lowest BCUT2D eigenvalue weighted by molar-refractivity contribution is 0.0785. The van der Waals surface area contributed by atoms with E-state index in [2.05, 4.69) is 27.1 Å². The summed E-state index contributed by atoms with van der Waals surface area (Å²) in [4.78, 5) is 23.6. The number of hydrogen-bond donors (Lipinski definition) is 3. The number of nitrogens with one attached hydrogen (secondary N) is 1. The van der Waals surface area contributed by atoms with E-state index in [1.807, 2.05) is 25.1 Å². The van der Waals surface area contributed by atoms with Crippen LogP contribution in [0, 0.1) is 11.8 Å². The predicted molar refractivity (Wildman–Crippen MR) is 118 cm³/mol. The highest BCUT2D eigenvalue weighted by molar-refractivity contribution is 6.05. The van der Waals surface area contributed by atoms with Crippen LogP contribution in [0.3, 0.4) is 0 Å². The third kappa shape index (κ3) is 3.77. The van der Waals surface area contributed by atoms with Gasteiger partial charge < -0.3 is 25.5 Å². The zero-order valence-electron chi connectivity index (χ0n) is 17.7. The zero-order valence-corrected chi connectivity index (χ0v) is 17.7. The third-order valence-electron chi connectivity index (χ3n) is 6.46. The lowest BCUT2D eigenvalue weighted by atomic mass is 9.92. The fourth-order valence-electron chi connectivity index (χ4n) is 4.42. The molecule has 5 rings (SSSR count). The molecule has 2 fully saturated rings. The van der Waals surface area contributed by atoms with Crippen LogP contribution < -0.4 is 16.0 Å². The van der Waals surface area contributed by atoms with E-state index in [1.165, 1.54) is 0 Å². The summed E-state index contributed by atoms with van der Waals surface area (Å²) in [6, 6.07) is 7.09. The minimum atomic E-state index is -0.538. The van der Waals surface area contributed by atoms with Crippen LogP contribution in [-0.4, -0.2) is 46.2 Å². The van der Waals surface area contributed by atoms with Crippen LogP contribution in [0.25, 0.3) is 11.1 Å². The molecule has 4 N–H and O–H groups in total. The molecule has 3 aromatic rings. The van der Waals surface area contributed by atoms with Crippen LogP contribution >= 0.6 is 0 Å². The Labute approximate surface area is 180 Å². The smallest absolute Gasteiger partial charge is 0.274 e. The lowest BCUT2D eigenvalue weighted by Gasteiger charge is -2.40. The van der Waals surface area contributed by atoms with E-state index >= 15 is 0 Å². The molecule has 2 aliphatic rings. The minimum Gasteiger partial charge on any atom is -0.442 e. The summed E-state index contributed by atoms with van der Waals surface area (Å²) in [5.74, 6) is 1.73. The van der Waals surface area contributed by atoms with E-state index in [1.54, 1.807) is 18.5 Å². The number of anilines is 2. The number of amides is 1. The van der Waals surface area contributed by atoms with Crippen molar-refractivity contribution in [3.05, 3.63) is 48.1 Å². The normalized spacial score (nSPS) is 28.0.